The maximum atomic E-state index is 12.3. The summed E-state index contributed by atoms with van der Waals surface area (Å²) in [5.74, 6) is 0. The Morgan fingerprint density at radius 1 is 0.800 bits per heavy atom. The molecule has 2 aromatic carbocycles. The molecule has 0 saturated carbocycles. The van der Waals surface area contributed by atoms with Crippen LogP contribution in [0.3, 0.4) is 0 Å². The zero-order valence-electron chi connectivity index (χ0n) is 8.14. The standard InChI is InChI=1S/C13H10OSe/c14-15-12-7-3-1-5-10(12)9-11-6-2-4-8-13(11)15/h1-8H,9H2. The van der Waals surface area contributed by atoms with Gasteiger partial charge in [0.2, 0.25) is 0 Å². The van der Waals surface area contributed by atoms with E-state index < -0.39 is 13.8 Å². The third-order valence-corrected chi connectivity index (χ3v) is 6.07. The van der Waals surface area contributed by atoms with Gasteiger partial charge in [-0.25, -0.2) is 0 Å². The molecule has 1 aliphatic heterocycles. The summed E-state index contributed by atoms with van der Waals surface area (Å²) in [6.07, 6.45) is 0.925. The summed E-state index contributed by atoms with van der Waals surface area (Å²) in [5, 5.41) is 0. The molecule has 0 spiro atoms. The SMILES string of the molecule is O=[Se]1c2ccccc2Cc2ccccc21. The van der Waals surface area contributed by atoms with Gasteiger partial charge in [-0.3, -0.25) is 0 Å². The molecule has 1 heterocycles. The van der Waals surface area contributed by atoms with E-state index in [2.05, 4.69) is 12.1 Å². The molecule has 2 heteroatoms. The maximum absolute atomic E-state index is 12.3. The van der Waals surface area contributed by atoms with Crippen molar-refractivity contribution in [1.29, 1.82) is 0 Å². The zero-order chi connectivity index (χ0) is 10.3. The van der Waals surface area contributed by atoms with Crippen molar-refractivity contribution in [3.63, 3.8) is 0 Å². The van der Waals surface area contributed by atoms with Gasteiger partial charge in [-0.2, -0.15) is 0 Å². The zero-order valence-corrected chi connectivity index (χ0v) is 9.86. The summed E-state index contributed by atoms with van der Waals surface area (Å²) in [5.41, 5.74) is 2.47. The molecule has 1 aliphatic rings. The fraction of sp³-hybridized carbons (Fsp3) is 0.0769. The molecule has 0 radical (unpaired) electrons. The first-order valence-electron chi connectivity index (χ1n) is 4.94. The van der Waals surface area contributed by atoms with Gasteiger partial charge in [0.05, 0.1) is 0 Å². The third kappa shape index (κ3) is 1.38. The first-order valence-corrected chi connectivity index (χ1v) is 7.35. The fourth-order valence-corrected chi connectivity index (χ4v) is 4.92. The minimum atomic E-state index is -2.00. The van der Waals surface area contributed by atoms with Crippen LogP contribution in [0.25, 0.3) is 0 Å². The van der Waals surface area contributed by atoms with Gasteiger partial charge in [-0.15, -0.1) is 0 Å². The van der Waals surface area contributed by atoms with Crippen molar-refractivity contribution in [2.24, 2.45) is 0 Å². The van der Waals surface area contributed by atoms with E-state index in [1.165, 1.54) is 11.1 Å². The molecule has 0 aromatic heterocycles. The summed E-state index contributed by atoms with van der Waals surface area (Å²) in [6, 6.07) is 16.2. The Morgan fingerprint density at radius 2 is 1.27 bits per heavy atom. The van der Waals surface area contributed by atoms with Crippen LogP contribution in [0.4, 0.5) is 0 Å². The minimum absolute atomic E-state index is 0.925. The van der Waals surface area contributed by atoms with Crippen molar-refractivity contribution in [3.05, 3.63) is 59.7 Å². The van der Waals surface area contributed by atoms with Gasteiger partial charge in [0.15, 0.2) is 0 Å². The van der Waals surface area contributed by atoms with E-state index in [4.69, 9.17) is 0 Å². The van der Waals surface area contributed by atoms with Crippen LogP contribution in [0.1, 0.15) is 11.1 Å². The van der Waals surface area contributed by atoms with Crippen molar-refractivity contribution in [3.8, 4) is 0 Å². The number of hydrogen-bond acceptors (Lipinski definition) is 1. The predicted molar refractivity (Wildman–Crippen MR) is 61.4 cm³/mol. The average Bonchev–Trinajstić information content (AvgIpc) is 2.30. The molecule has 0 aliphatic carbocycles. The van der Waals surface area contributed by atoms with E-state index >= 15 is 0 Å². The van der Waals surface area contributed by atoms with E-state index in [1.54, 1.807) is 0 Å². The molecule has 0 unspecified atom stereocenters. The second-order valence-corrected chi connectivity index (χ2v) is 6.63. The number of fused-ring (bicyclic) bond motifs is 2. The number of rotatable bonds is 0. The van der Waals surface area contributed by atoms with Gasteiger partial charge in [0, 0.05) is 0 Å². The normalized spacial score (nSPS) is 14.4. The molecule has 1 nitrogen and oxygen atoms in total. The molecule has 74 valence electrons. The van der Waals surface area contributed by atoms with Crippen LogP contribution >= 0.6 is 0 Å². The van der Waals surface area contributed by atoms with Gasteiger partial charge in [0.25, 0.3) is 0 Å². The molecular weight excluding hydrogens is 251 g/mol. The molecule has 0 saturated heterocycles. The Bertz CT molecular complexity index is 498. The van der Waals surface area contributed by atoms with Crippen molar-refractivity contribution in [2.75, 3.05) is 0 Å². The van der Waals surface area contributed by atoms with Crippen LogP contribution in [-0.4, -0.2) is 13.8 Å². The van der Waals surface area contributed by atoms with Gasteiger partial charge in [-0.1, -0.05) is 0 Å². The molecule has 0 amide bonds. The first kappa shape index (κ1) is 9.02. The third-order valence-electron chi connectivity index (χ3n) is 2.73. The van der Waals surface area contributed by atoms with Crippen molar-refractivity contribution in [1.82, 2.24) is 0 Å². The van der Waals surface area contributed by atoms with Crippen LogP contribution in [-0.2, 0) is 10.3 Å². The Hall–Kier alpha value is -1.24. The summed E-state index contributed by atoms with van der Waals surface area (Å²) < 4.78 is 14.4. The Morgan fingerprint density at radius 3 is 1.80 bits per heavy atom. The van der Waals surface area contributed by atoms with Gasteiger partial charge in [-0.05, 0) is 0 Å². The second-order valence-electron chi connectivity index (χ2n) is 3.66. The molecule has 15 heavy (non-hydrogen) atoms. The van der Waals surface area contributed by atoms with E-state index in [9.17, 15) is 3.83 Å². The molecule has 0 fully saturated rings. The van der Waals surface area contributed by atoms with E-state index in [1.807, 2.05) is 36.4 Å². The van der Waals surface area contributed by atoms with Crippen LogP contribution < -0.4 is 8.92 Å². The van der Waals surface area contributed by atoms with E-state index in [-0.39, 0.29) is 0 Å². The quantitative estimate of drug-likeness (QED) is 0.554. The van der Waals surface area contributed by atoms with Crippen molar-refractivity contribution >= 4 is 22.8 Å². The molecular formula is C13H10OSe. The monoisotopic (exact) mass is 262 g/mol. The average molecular weight is 261 g/mol. The molecule has 0 N–H and O–H groups in total. The Kier molecular flexibility index (Phi) is 2.05. The number of benzene rings is 2. The van der Waals surface area contributed by atoms with Crippen LogP contribution in [0.15, 0.2) is 48.5 Å². The van der Waals surface area contributed by atoms with Gasteiger partial charge >= 0.3 is 92.7 Å². The Balaban J connectivity index is 2.24. The van der Waals surface area contributed by atoms with Gasteiger partial charge < -0.3 is 0 Å². The molecule has 0 atom stereocenters. The van der Waals surface area contributed by atoms with Crippen LogP contribution in [0.5, 0.6) is 0 Å². The summed E-state index contributed by atoms with van der Waals surface area (Å²) in [4.78, 5) is 0. The predicted octanol–water partition coefficient (Wildman–Crippen LogP) is 1.13. The second kappa shape index (κ2) is 3.41. The van der Waals surface area contributed by atoms with Gasteiger partial charge in [0.1, 0.15) is 0 Å². The molecule has 2 aromatic rings. The van der Waals surface area contributed by atoms with Crippen molar-refractivity contribution in [2.45, 2.75) is 6.42 Å². The van der Waals surface area contributed by atoms with E-state index in [0.717, 1.165) is 15.3 Å². The topological polar surface area (TPSA) is 17.1 Å². The Labute approximate surface area is 92.8 Å². The summed E-state index contributed by atoms with van der Waals surface area (Å²) >= 11 is -2.00. The summed E-state index contributed by atoms with van der Waals surface area (Å²) in [7, 11) is 0. The summed E-state index contributed by atoms with van der Waals surface area (Å²) in [6.45, 7) is 0. The van der Waals surface area contributed by atoms with Crippen molar-refractivity contribution < 1.29 is 3.83 Å². The molecule has 3 rings (SSSR count). The number of hydrogen-bond donors (Lipinski definition) is 0. The van der Waals surface area contributed by atoms with Crippen LogP contribution in [0, 0.1) is 0 Å². The molecule has 0 bridgehead atoms. The fourth-order valence-electron chi connectivity index (χ4n) is 1.99. The van der Waals surface area contributed by atoms with E-state index in [0.29, 0.717) is 0 Å². The first-order chi connectivity index (χ1) is 7.36. The van der Waals surface area contributed by atoms with Crippen LogP contribution in [0.2, 0.25) is 0 Å².